The summed E-state index contributed by atoms with van der Waals surface area (Å²) >= 11 is 0. The molecule has 274 valence electrons. The first kappa shape index (κ1) is 37.0. The van der Waals surface area contributed by atoms with Gasteiger partial charge in [-0.25, -0.2) is 5.48 Å². The summed E-state index contributed by atoms with van der Waals surface area (Å²) in [7, 11) is 3.32. The van der Waals surface area contributed by atoms with E-state index in [-0.39, 0.29) is 37.6 Å². The molecule has 0 bridgehead atoms. The van der Waals surface area contributed by atoms with Crippen LogP contribution in [0.5, 0.6) is 11.5 Å². The summed E-state index contributed by atoms with van der Waals surface area (Å²) in [4.78, 5) is 26.0. The Labute approximate surface area is 304 Å². The maximum Gasteiger partial charge on any atom is 0.243 e. The summed E-state index contributed by atoms with van der Waals surface area (Å²) in [6, 6.07) is 28.3. The summed E-state index contributed by atoms with van der Waals surface area (Å²) in [5.41, 5.74) is 9.82. The molecule has 1 fully saturated rings. The molecule has 1 saturated heterocycles. The van der Waals surface area contributed by atoms with Crippen molar-refractivity contribution in [1.82, 2.24) is 15.7 Å². The average molecular weight is 710 g/mol. The molecule has 2 aliphatic heterocycles. The molecule has 11 heteroatoms. The van der Waals surface area contributed by atoms with Crippen LogP contribution in [-0.2, 0) is 45.2 Å². The van der Waals surface area contributed by atoms with E-state index in [4.69, 9.17) is 24.2 Å². The van der Waals surface area contributed by atoms with E-state index < -0.39 is 12.2 Å². The third-order valence-electron chi connectivity index (χ3n) is 9.72. The Morgan fingerprint density at radius 1 is 0.827 bits per heavy atom. The average Bonchev–Trinajstić information content (AvgIpc) is 3.19. The first-order chi connectivity index (χ1) is 25.3. The van der Waals surface area contributed by atoms with Gasteiger partial charge in [-0.1, -0.05) is 60.7 Å². The quantitative estimate of drug-likeness (QED) is 0.0952. The third kappa shape index (κ3) is 9.36. The van der Waals surface area contributed by atoms with Crippen molar-refractivity contribution in [2.45, 2.75) is 70.3 Å². The molecule has 0 spiro atoms. The highest BCUT2D eigenvalue weighted by atomic mass is 16.7. The fourth-order valence-electron chi connectivity index (χ4n) is 6.90. The molecule has 2 heterocycles. The molecule has 4 N–H and O–H groups in total. The lowest BCUT2D eigenvalue weighted by molar-refractivity contribution is -0.253. The fourth-order valence-corrected chi connectivity index (χ4v) is 6.90. The number of benzene rings is 4. The summed E-state index contributed by atoms with van der Waals surface area (Å²) in [6.07, 6.45) is 1.32. The van der Waals surface area contributed by atoms with Crippen LogP contribution in [0, 0.1) is 0 Å². The van der Waals surface area contributed by atoms with Crippen LogP contribution in [0.4, 0.5) is 0 Å². The molecule has 3 atom stereocenters. The topological polar surface area (TPSA) is 139 Å². The van der Waals surface area contributed by atoms with Crippen molar-refractivity contribution >= 4 is 11.8 Å². The van der Waals surface area contributed by atoms with Gasteiger partial charge in [-0.15, -0.1) is 0 Å². The Morgan fingerprint density at radius 2 is 1.54 bits per heavy atom. The number of aliphatic hydroxyl groups is 1. The Morgan fingerprint density at radius 3 is 2.27 bits per heavy atom. The molecule has 4 aromatic rings. The van der Waals surface area contributed by atoms with Gasteiger partial charge >= 0.3 is 0 Å². The summed E-state index contributed by atoms with van der Waals surface area (Å²) in [6.45, 7) is 2.76. The number of nitrogens with zero attached hydrogens (tertiary/aromatic N) is 1. The van der Waals surface area contributed by atoms with E-state index in [1.54, 1.807) is 19.7 Å². The number of hydrogen-bond donors (Lipinski definition) is 4. The second-order valence-electron chi connectivity index (χ2n) is 13.3. The Kier molecular flexibility index (Phi) is 12.5. The molecule has 0 saturated carbocycles. The number of ether oxygens (including phenoxy) is 4. The van der Waals surface area contributed by atoms with E-state index in [2.05, 4.69) is 28.4 Å². The van der Waals surface area contributed by atoms with Gasteiger partial charge in [0.1, 0.15) is 0 Å². The standard InChI is InChI=1S/C41H47N3O8/c1-49-37-20-32-16-17-44(24-34(32)21-38(37)50-2)25-35-22-36(29-14-12-27(26-45)13-15-29)52-41(51-35)33-9-4-8-31(19-33)30-7-3-6-28(18-30)23-42-39(46)10-5-11-40(47)43-48/h3-4,6-9,12-15,18-21,35-36,41,45,48H,5,10-11,16-17,22-26H2,1-2H3,(H,42,46)(H,43,47)/t35-,36+,41+/m0/s1. The van der Waals surface area contributed by atoms with E-state index in [0.29, 0.717) is 19.4 Å². The molecule has 0 aromatic heterocycles. The summed E-state index contributed by atoms with van der Waals surface area (Å²) in [5.74, 6) is 0.813. The lowest BCUT2D eigenvalue weighted by Crippen LogP contribution is -2.41. The number of nitrogens with one attached hydrogen (secondary N) is 2. The molecule has 4 aromatic carbocycles. The monoisotopic (exact) mass is 709 g/mol. The minimum Gasteiger partial charge on any atom is -0.493 e. The normalized spacial score (nSPS) is 18.7. The number of fused-ring (bicyclic) bond motifs is 1. The SMILES string of the molecule is COc1cc2c(cc1OC)CN(C[C@@H]1C[C@H](c3ccc(CO)cc3)O[C@H](c3cccc(-c4cccc(CNC(=O)CCCC(=O)NO)c4)c3)O1)CC2. The number of carbonyl (C=O) groups excluding carboxylic acids is 2. The third-order valence-corrected chi connectivity index (χ3v) is 9.72. The van der Waals surface area contributed by atoms with Crippen LogP contribution in [-0.4, -0.2) is 60.4 Å². The number of carbonyl (C=O) groups is 2. The second kappa shape index (κ2) is 17.6. The fraction of sp³-hybridized carbons (Fsp3) is 0.366. The minimum atomic E-state index is -0.599. The molecular formula is C41H47N3O8. The molecule has 0 aliphatic carbocycles. The second-order valence-corrected chi connectivity index (χ2v) is 13.3. The van der Waals surface area contributed by atoms with Gasteiger partial charge in [0.2, 0.25) is 11.8 Å². The van der Waals surface area contributed by atoms with Crippen LogP contribution >= 0.6 is 0 Å². The highest BCUT2D eigenvalue weighted by Gasteiger charge is 2.34. The van der Waals surface area contributed by atoms with Crippen LogP contribution in [0.25, 0.3) is 11.1 Å². The smallest absolute Gasteiger partial charge is 0.243 e. The molecule has 11 nitrogen and oxygen atoms in total. The molecule has 0 radical (unpaired) electrons. The molecule has 0 unspecified atom stereocenters. The van der Waals surface area contributed by atoms with Gasteiger partial charge in [0.25, 0.3) is 0 Å². The van der Waals surface area contributed by atoms with Gasteiger partial charge in [-0.3, -0.25) is 19.7 Å². The van der Waals surface area contributed by atoms with Gasteiger partial charge < -0.3 is 29.4 Å². The van der Waals surface area contributed by atoms with Crippen molar-refractivity contribution in [2.75, 3.05) is 27.3 Å². The Bertz CT molecular complexity index is 1830. The lowest BCUT2D eigenvalue weighted by atomic mass is 9.96. The van der Waals surface area contributed by atoms with Crippen LogP contribution in [0.1, 0.15) is 71.5 Å². The lowest BCUT2D eigenvalue weighted by Gasteiger charge is -2.39. The van der Waals surface area contributed by atoms with Gasteiger partial charge in [0.05, 0.1) is 33.0 Å². The zero-order valence-corrected chi connectivity index (χ0v) is 29.7. The van der Waals surface area contributed by atoms with Crippen molar-refractivity contribution in [3.63, 3.8) is 0 Å². The zero-order valence-electron chi connectivity index (χ0n) is 29.7. The van der Waals surface area contributed by atoms with Crippen LogP contribution in [0.15, 0.2) is 84.9 Å². The molecule has 2 aliphatic rings. The van der Waals surface area contributed by atoms with Crippen LogP contribution in [0.2, 0.25) is 0 Å². The van der Waals surface area contributed by atoms with E-state index in [1.807, 2.05) is 66.7 Å². The molecule has 6 rings (SSSR count). The number of aliphatic hydroxyl groups excluding tert-OH is 1. The Hall–Kier alpha value is -4.78. The van der Waals surface area contributed by atoms with Crippen molar-refractivity contribution in [2.24, 2.45) is 0 Å². The van der Waals surface area contributed by atoms with Crippen LogP contribution < -0.4 is 20.3 Å². The highest BCUT2D eigenvalue weighted by molar-refractivity contribution is 5.78. The maximum atomic E-state index is 12.3. The van der Waals surface area contributed by atoms with Gasteiger partial charge in [0.15, 0.2) is 17.8 Å². The van der Waals surface area contributed by atoms with Gasteiger partial charge in [-0.05, 0) is 76.1 Å². The van der Waals surface area contributed by atoms with E-state index in [1.165, 1.54) is 11.1 Å². The number of methoxy groups -OCH3 is 2. The number of rotatable bonds is 14. The van der Waals surface area contributed by atoms with Crippen molar-refractivity contribution in [3.8, 4) is 22.6 Å². The number of hydroxylamine groups is 1. The highest BCUT2D eigenvalue weighted by Crippen LogP contribution is 2.40. The maximum absolute atomic E-state index is 12.3. The Balaban J connectivity index is 1.17. The zero-order chi connectivity index (χ0) is 36.5. The summed E-state index contributed by atoms with van der Waals surface area (Å²) in [5, 5.41) is 21.2. The van der Waals surface area contributed by atoms with Crippen molar-refractivity contribution in [3.05, 3.63) is 118 Å². The summed E-state index contributed by atoms with van der Waals surface area (Å²) < 4.78 is 24.5. The van der Waals surface area contributed by atoms with Crippen LogP contribution in [0.3, 0.4) is 0 Å². The van der Waals surface area contributed by atoms with Gasteiger partial charge in [0, 0.05) is 51.0 Å². The van der Waals surface area contributed by atoms with Crippen molar-refractivity contribution in [1.29, 1.82) is 0 Å². The predicted octanol–water partition coefficient (Wildman–Crippen LogP) is 5.76. The first-order valence-electron chi connectivity index (χ1n) is 17.7. The largest absolute Gasteiger partial charge is 0.493 e. The number of amides is 2. The van der Waals surface area contributed by atoms with E-state index >= 15 is 0 Å². The predicted molar refractivity (Wildman–Crippen MR) is 194 cm³/mol. The number of hydrogen-bond acceptors (Lipinski definition) is 9. The molecule has 52 heavy (non-hydrogen) atoms. The van der Waals surface area contributed by atoms with E-state index in [9.17, 15) is 14.7 Å². The van der Waals surface area contributed by atoms with Gasteiger partial charge in [-0.2, -0.15) is 0 Å². The van der Waals surface area contributed by atoms with E-state index in [0.717, 1.165) is 70.9 Å². The molecule has 2 amide bonds. The first-order valence-corrected chi connectivity index (χ1v) is 17.7. The van der Waals surface area contributed by atoms with Crippen molar-refractivity contribution < 1.29 is 38.9 Å². The minimum absolute atomic E-state index is 0.0148. The molecular weight excluding hydrogens is 662 g/mol.